The standard InChI is InChI=1S/C100H130ClFN16O27S2/c1-67(2)91(111-85(119)28-39-133-41-35-117-86(120)25-26-87(117)121)95(123)110-79(16-12-29-105-99(103)126)94(122)109-73-21-19-71(72(58-73)61-114(4)100(127)144-65-75-62-116(113-112-75)34-40-134-45-46-136-49-50-138-53-54-140-56-55-139-52-51-137-48-47-135-44-43-131-6)63-142-83-60-70(20-23-78(83)102)92-88(76-22-24-82(90(101)68(76)3)141-42-33-115-31-37-118(5,38-32-115)36-13-57-147(128,129)130)89-96(106-66-107-97(89)146-92)145-84(98(124)125)59-69-14-8-10-17-80(69)143-64-74-27-30-104-93(108-74)77-15-9-11-18-81(77)132-7/h8-11,14-15,17-27,30,58,60,62,66-67,79,84,91,112-113H,12-13,16,28-29,31-57,59,61,63-65H2,1-7H3,(H7-,103,105,109,110,111,119,122,123,124,125,126,128,129,130)/p+1/t79-,84+,91-/m0/s1. The number of nitrogens with zero attached hydrogens (tertiary/aromatic N) is 9. The lowest BCUT2D eigenvalue weighted by molar-refractivity contribution is -0.913. The summed E-state index contributed by atoms with van der Waals surface area (Å²) < 4.78 is 137. The second-order valence-electron chi connectivity index (χ2n) is 34.9. The van der Waals surface area contributed by atoms with Crippen LogP contribution in [0.15, 0.2) is 140 Å². The SMILES string of the molecule is COCCOCCOCCOCCOCCOCCOCCOCCN1C=C(COC(=O)N(C)Cc2cc(NC(=O)[C@H](CCCNC(N)=O)NC(=O)[C@@H](NC(=O)CCOCCN3C(=O)C=CC3=O)C(C)C)ccc2COc2cc(-c3sc4ncnc(O[C@H](Cc5ccccc5OCc5ccnc(-c6ccccc6OC)n5)C(=O)O)c4c3-c3ccc(OCCN4CC[N+](C)(CCCS(=O)(=O)O)CC4)c(Cl)c3C)ccc2F)NN1. The number of carbonyl (C=O) groups is 8. The lowest BCUT2D eigenvalue weighted by Crippen LogP contribution is -2.58. The van der Waals surface area contributed by atoms with Crippen molar-refractivity contribution < 1.29 is 136 Å². The van der Waals surface area contributed by atoms with E-state index >= 15 is 4.39 Å². The van der Waals surface area contributed by atoms with Crippen molar-refractivity contribution in [2.75, 3.05) is 224 Å². The lowest BCUT2D eigenvalue weighted by atomic mass is 9.95. The zero-order chi connectivity index (χ0) is 105. The van der Waals surface area contributed by atoms with Gasteiger partial charge in [0.1, 0.15) is 66.9 Å². The van der Waals surface area contributed by atoms with Gasteiger partial charge in [-0.1, -0.05) is 74.0 Å². The number of thiophene rings is 1. The molecule has 0 aliphatic carbocycles. The lowest BCUT2D eigenvalue weighted by Gasteiger charge is -2.42. The number of nitrogens with one attached hydrogen (secondary N) is 6. The Balaban J connectivity index is 0.810. The quantitative estimate of drug-likeness (QED) is 0.00752. The van der Waals surface area contributed by atoms with Crippen LogP contribution in [0.5, 0.6) is 28.9 Å². The molecular weight excluding hydrogens is 1980 g/mol. The van der Waals surface area contributed by atoms with Crippen molar-refractivity contribution in [3.63, 3.8) is 0 Å². The number of quaternary nitrogens is 1. The molecule has 43 nitrogen and oxygen atoms in total. The minimum Gasteiger partial charge on any atom is -0.496 e. The van der Waals surface area contributed by atoms with Gasteiger partial charge < -0.3 is 118 Å². The number of anilines is 1. The van der Waals surface area contributed by atoms with Crippen LogP contribution < -0.4 is 61.6 Å². The maximum absolute atomic E-state index is 17.0. The molecule has 1 fully saturated rings. The second kappa shape index (κ2) is 59.5. The van der Waals surface area contributed by atoms with Gasteiger partial charge in [0.25, 0.3) is 21.9 Å². The maximum atomic E-state index is 17.0. The fraction of sp³-hybridized carbons (Fsp3) is 0.480. The predicted molar refractivity (Wildman–Crippen MR) is 540 cm³/mol. The van der Waals surface area contributed by atoms with Crippen molar-refractivity contribution in [1.29, 1.82) is 0 Å². The number of halogens is 2. The summed E-state index contributed by atoms with van der Waals surface area (Å²) in [6, 6.07) is 25.1. The highest BCUT2D eigenvalue weighted by Gasteiger charge is 2.35. The van der Waals surface area contributed by atoms with Crippen LogP contribution in [-0.2, 0) is 112 Å². The van der Waals surface area contributed by atoms with Gasteiger partial charge in [0.05, 0.1) is 192 Å². The van der Waals surface area contributed by atoms with E-state index in [9.17, 15) is 56.4 Å². The number of rotatable bonds is 67. The number of hydrogen-bond donors (Lipinski definition) is 9. The van der Waals surface area contributed by atoms with Gasteiger partial charge in [-0.15, -0.1) is 16.9 Å². The first kappa shape index (κ1) is 115. The number of urea groups is 1. The number of hydrazine groups is 2. The van der Waals surface area contributed by atoms with Crippen molar-refractivity contribution in [3.8, 4) is 61.8 Å². The summed E-state index contributed by atoms with van der Waals surface area (Å²) in [4.78, 5) is 130. The molecule has 0 spiro atoms. The molecule has 11 rings (SSSR count). The smallest absolute Gasteiger partial charge is 0.410 e. The van der Waals surface area contributed by atoms with E-state index in [0.717, 1.165) is 30.1 Å². The normalized spacial score (nSPS) is 14.2. The third-order valence-electron chi connectivity index (χ3n) is 23.7. The van der Waals surface area contributed by atoms with E-state index in [0.29, 0.717) is 231 Å². The molecule has 0 saturated carbocycles. The van der Waals surface area contributed by atoms with E-state index < -0.39 is 87.7 Å². The Morgan fingerprint density at radius 1 is 0.680 bits per heavy atom. The maximum Gasteiger partial charge on any atom is 0.410 e. The molecule has 10 N–H and O–H groups in total. The van der Waals surface area contributed by atoms with Gasteiger partial charge in [0.2, 0.25) is 29.7 Å². The number of benzene rings is 5. The number of aromatic nitrogens is 4. The third-order valence-corrected chi connectivity index (χ3v) is 26.1. The summed E-state index contributed by atoms with van der Waals surface area (Å²) >= 11 is 8.57. The van der Waals surface area contributed by atoms with Crippen molar-refractivity contribution in [1.82, 2.24) is 66.6 Å². The van der Waals surface area contributed by atoms with Crippen LogP contribution in [0.4, 0.5) is 19.7 Å². The summed E-state index contributed by atoms with van der Waals surface area (Å²) in [6.45, 7) is 15.0. The highest BCUT2D eigenvalue weighted by Crippen LogP contribution is 2.50. The molecule has 147 heavy (non-hydrogen) atoms. The zero-order valence-electron chi connectivity index (χ0n) is 83.4. The molecule has 3 aromatic heterocycles. The van der Waals surface area contributed by atoms with Gasteiger partial charge in [0, 0.05) is 107 Å². The molecule has 47 heteroatoms. The molecule has 8 amide bonds. The van der Waals surface area contributed by atoms with Crippen molar-refractivity contribution >= 4 is 96.6 Å². The molecule has 8 aromatic rings. The Morgan fingerprint density at radius 2 is 1.33 bits per heavy atom. The highest BCUT2D eigenvalue weighted by atomic mass is 35.5. The van der Waals surface area contributed by atoms with Crippen LogP contribution in [0.3, 0.4) is 0 Å². The van der Waals surface area contributed by atoms with Gasteiger partial charge in [-0.25, -0.2) is 38.7 Å². The van der Waals surface area contributed by atoms with Gasteiger partial charge in [-0.3, -0.25) is 43.3 Å². The fourth-order valence-electron chi connectivity index (χ4n) is 15.7. The number of aliphatic carboxylic acids is 1. The van der Waals surface area contributed by atoms with E-state index in [1.54, 1.807) is 113 Å². The minimum atomic E-state index is -4.09. The topological polar surface area (TPSA) is 512 Å². The Morgan fingerprint density at radius 3 is 2.00 bits per heavy atom. The van der Waals surface area contributed by atoms with Crippen LogP contribution in [-0.4, -0.2) is 347 Å². The number of nitrogens with two attached hydrogens (primary N) is 1. The first-order valence-electron chi connectivity index (χ1n) is 48.2. The molecule has 3 atom stereocenters. The summed E-state index contributed by atoms with van der Waals surface area (Å²) in [5, 5.41) is 24.3. The zero-order valence-corrected chi connectivity index (χ0v) is 85.8. The first-order chi connectivity index (χ1) is 70.9. The van der Waals surface area contributed by atoms with E-state index in [2.05, 4.69) is 54.1 Å². The van der Waals surface area contributed by atoms with Crippen LogP contribution in [0, 0.1) is 18.7 Å². The minimum absolute atomic E-state index is 0.00870. The predicted octanol–water partition coefficient (Wildman–Crippen LogP) is 8.08. The van der Waals surface area contributed by atoms with Crippen LogP contribution >= 0.6 is 22.9 Å². The molecule has 3 aliphatic rings. The number of piperazine rings is 1. The number of imide groups is 1. The molecule has 3 aliphatic heterocycles. The summed E-state index contributed by atoms with van der Waals surface area (Å²) in [7, 11) is 2.63. The average Bonchev–Trinajstić information content (AvgIpc) is 1.59. The Hall–Kier alpha value is -12.5. The summed E-state index contributed by atoms with van der Waals surface area (Å²) in [6.07, 6.45) is 4.41. The number of ether oxygens (including phenoxy) is 15. The number of amides is 8. The molecule has 0 unspecified atom stereocenters. The number of fused-ring (bicyclic) bond motifs is 1. The summed E-state index contributed by atoms with van der Waals surface area (Å²) in [5.74, 6) is -4.68. The number of carbonyl (C=O) groups excluding carboxylic acids is 7. The molecule has 798 valence electrons. The fourth-order valence-corrected chi connectivity index (χ4v) is 17.5. The van der Waals surface area contributed by atoms with E-state index in [-0.39, 0.29) is 118 Å². The van der Waals surface area contributed by atoms with E-state index in [4.69, 9.17) is 98.4 Å². The monoisotopic (exact) mass is 2110 g/mol. The highest BCUT2D eigenvalue weighted by molar-refractivity contribution is 7.85. The molecule has 0 bridgehead atoms. The first-order valence-corrected chi connectivity index (χ1v) is 51.0. The Labute approximate surface area is 861 Å². The Kier molecular flexibility index (Phi) is 46.5. The number of methoxy groups -OCH3 is 2. The van der Waals surface area contributed by atoms with Crippen molar-refractivity contribution in [3.05, 3.63) is 178 Å². The second-order valence-corrected chi connectivity index (χ2v) is 37.9. The number of carboxylic acid groups (broad SMARTS) is 1. The number of primary amides is 1. The number of hydrogen-bond acceptors (Lipinski definition) is 34. The van der Waals surface area contributed by atoms with Crippen molar-refractivity contribution in [2.45, 2.75) is 90.8 Å². The van der Waals surface area contributed by atoms with Gasteiger partial charge in [-0.2, -0.15) is 8.42 Å². The molecular formula is C100H131ClFN16O27S2+. The number of para-hydroxylation sites is 2. The number of likely N-dealkylation sites (N-methyl/N-ethyl adjacent to an activating group) is 1. The third kappa shape index (κ3) is 37.1. The van der Waals surface area contributed by atoms with E-state index in [1.807, 2.05) is 18.2 Å². The molecule has 6 heterocycles. The molecule has 5 aromatic carbocycles. The van der Waals surface area contributed by atoms with Crippen molar-refractivity contribution in [2.24, 2.45) is 11.7 Å². The van der Waals surface area contributed by atoms with Gasteiger partial charge in [0.15, 0.2) is 17.4 Å². The van der Waals surface area contributed by atoms with Crippen LogP contribution in [0.1, 0.15) is 67.5 Å². The van der Waals surface area contributed by atoms with E-state index in [1.165, 1.54) is 53.9 Å². The molecule has 0 radical (unpaired) electrons. The Bertz CT molecular complexity index is 5850. The van der Waals surface area contributed by atoms with Gasteiger partial charge >= 0.3 is 18.1 Å². The largest absolute Gasteiger partial charge is 0.496 e. The summed E-state index contributed by atoms with van der Waals surface area (Å²) in [5.41, 5.74) is 16.3. The van der Waals surface area contributed by atoms with Crippen LogP contribution in [0.25, 0.3) is 43.2 Å². The molecule has 1 saturated heterocycles. The van der Waals surface area contributed by atoms with Crippen LogP contribution in [0.2, 0.25) is 5.02 Å². The average molecular weight is 2110 g/mol. The van der Waals surface area contributed by atoms with Gasteiger partial charge in [-0.05, 0) is 114 Å². The number of carboxylic acids is 1.